The molecule has 40 heavy (non-hydrogen) atoms. The molecule has 2 aliphatic rings. The van der Waals surface area contributed by atoms with E-state index in [2.05, 4.69) is 5.10 Å². The van der Waals surface area contributed by atoms with Gasteiger partial charge in [-0.1, -0.05) is 36.0 Å². The van der Waals surface area contributed by atoms with Gasteiger partial charge in [-0.15, -0.1) is 0 Å². The van der Waals surface area contributed by atoms with Gasteiger partial charge in [0, 0.05) is 0 Å². The fourth-order valence-corrected chi connectivity index (χ4v) is 6.55. The number of ketones is 1. The molecule has 1 aromatic carbocycles. The Labute approximate surface area is 238 Å². The van der Waals surface area contributed by atoms with Gasteiger partial charge in [0.1, 0.15) is 5.67 Å². The lowest BCUT2D eigenvalue weighted by atomic mass is 9.86. The van der Waals surface area contributed by atoms with Crippen molar-refractivity contribution in [2.75, 3.05) is 13.1 Å². The Morgan fingerprint density at radius 3 is 2.20 bits per heavy atom. The van der Waals surface area contributed by atoms with Gasteiger partial charge in [0.15, 0.2) is 11.5 Å². The van der Waals surface area contributed by atoms with Gasteiger partial charge in [0.05, 0.1) is 52.4 Å². The Balaban J connectivity index is 1.69. The summed E-state index contributed by atoms with van der Waals surface area (Å²) in [6, 6.07) is 2.22. The zero-order valence-corrected chi connectivity index (χ0v) is 23.3. The number of carbonyl (C=O) groups is 3. The fourth-order valence-electron chi connectivity index (χ4n) is 5.74. The Morgan fingerprint density at radius 2 is 1.68 bits per heavy atom. The predicted octanol–water partition coefficient (Wildman–Crippen LogP) is 6.94. The van der Waals surface area contributed by atoms with Gasteiger partial charge < -0.3 is 10.0 Å². The molecule has 2 aliphatic carbocycles. The number of carbonyl (C=O) groups excluding carboxylic acids is 2. The molecule has 218 valence electrons. The van der Waals surface area contributed by atoms with E-state index in [1.807, 2.05) is 0 Å². The molecule has 0 radical (unpaired) electrons. The summed E-state index contributed by atoms with van der Waals surface area (Å²) in [4.78, 5) is 39.0. The maximum atomic E-state index is 15.6. The van der Waals surface area contributed by atoms with Crippen LogP contribution >= 0.6 is 23.2 Å². The van der Waals surface area contributed by atoms with Crippen molar-refractivity contribution in [2.24, 2.45) is 5.92 Å². The van der Waals surface area contributed by atoms with Crippen molar-refractivity contribution in [3.63, 3.8) is 0 Å². The summed E-state index contributed by atoms with van der Waals surface area (Å²) < 4.78 is 59.4. The highest BCUT2D eigenvalue weighted by Gasteiger charge is 2.45. The maximum Gasteiger partial charge on any atom is 0.433 e. The lowest BCUT2D eigenvalue weighted by Gasteiger charge is -2.30. The molecule has 1 aromatic heterocycles. The molecule has 2 saturated carbocycles. The number of hydrogen-bond acceptors (Lipinski definition) is 4. The molecule has 4 rings (SSSR count). The largest absolute Gasteiger partial charge is 0.481 e. The van der Waals surface area contributed by atoms with E-state index in [9.17, 15) is 32.7 Å². The van der Waals surface area contributed by atoms with Crippen LogP contribution in [0.4, 0.5) is 17.6 Å². The first-order valence-corrected chi connectivity index (χ1v) is 13.8. The number of amides is 1. The molecule has 13 heteroatoms. The summed E-state index contributed by atoms with van der Waals surface area (Å²) in [5.41, 5.74) is -3.40. The molecule has 0 bridgehead atoms. The number of carboxylic acids is 1. The second-order valence-electron chi connectivity index (χ2n) is 10.7. The van der Waals surface area contributed by atoms with Crippen molar-refractivity contribution in [1.29, 1.82) is 0 Å². The predicted molar refractivity (Wildman–Crippen MR) is 140 cm³/mol. The number of nitrogens with zero attached hydrogens (tertiary/aromatic N) is 3. The molecular formula is C27H29Cl2F4N3O4. The minimum absolute atomic E-state index is 0.0130. The van der Waals surface area contributed by atoms with E-state index in [0.717, 1.165) is 15.8 Å². The second-order valence-corrected chi connectivity index (χ2v) is 11.6. The van der Waals surface area contributed by atoms with Crippen molar-refractivity contribution in [1.82, 2.24) is 14.7 Å². The van der Waals surface area contributed by atoms with Gasteiger partial charge in [-0.25, -0.2) is 4.39 Å². The van der Waals surface area contributed by atoms with Crippen molar-refractivity contribution in [3.8, 4) is 0 Å². The summed E-state index contributed by atoms with van der Waals surface area (Å²) in [6.07, 6.45) is -2.29. The van der Waals surface area contributed by atoms with Crippen molar-refractivity contribution < 1.29 is 37.1 Å². The van der Waals surface area contributed by atoms with E-state index >= 15 is 4.39 Å². The smallest absolute Gasteiger partial charge is 0.433 e. The molecule has 0 unspecified atom stereocenters. The molecule has 1 amide bonds. The van der Waals surface area contributed by atoms with Crippen LogP contribution in [-0.4, -0.2) is 56.2 Å². The third-order valence-electron chi connectivity index (χ3n) is 7.75. The van der Waals surface area contributed by atoms with Crippen LogP contribution in [0, 0.1) is 12.8 Å². The fraction of sp³-hybridized carbons (Fsp3) is 0.556. The molecule has 2 aromatic rings. The zero-order valence-electron chi connectivity index (χ0n) is 21.7. The van der Waals surface area contributed by atoms with Gasteiger partial charge in [-0.05, 0) is 63.1 Å². The van der Waals surface area contributed by atoms with Crippen molar-refractivity contribution in [3.05, 3.63) is 50.8 Å². The molecular weight excluding hydrogens is 577 g/mol. The highest BCUT2D eigenvalue weighted by Crippen LogP contribution is 2.40. The van der Waals surface area contributed by atoms with Crippen LogP contribution < -0.4 is 0 Å². The summed E-state index contributed by atoms with van der Waals surface area (Å²) in [7, 11) is 0. The molecule has 1 N–H and O–H groups in total. The topological polar surface area (TPSA) is 92.5 Å². The Kier molecular flexibility index (Phi) is 8.85. The quantitative estimate of drug-likeness (QED) is 0.260. The lowest BCUT2D eigenvalue weighted by Crippen LogP contribution is -2.45. The van der Waals surface area contributed by atoms with Crippen molar-refractivity contribution >= 4 is 40.9 Å². The summed E-state index contributed by atoms with van der Waals surface area (Å²) in [5.74, 6) is -3.59. The number of aryl methyl sites for hydroxylation is 1. The number of halogens is 6. The van der Waals surface area contributed by atoms with Crippen LogP contribution in [-0.2, 0) is 11.0 Å². The third-order valence-corrected chi connectivity index (χ3v) is 8.34. The first kappa shape index (κ1) is 30.3. The Hall–Kier alpha value is -2.66. The van der Waals surface area contributed by atoms with Gasteiger partial charge in [0.25, 0.3) is 5.91 Å². The van der Waals surface area contributed by atoms with Crippen LogP contribution in [0.3, 0.4) is 0 Å². The minimum Gasteiger partial charge on any atom is -0.481 e. The monoisotopic (exact) mass is 605 g/mol. The van der Waals surface area contributed by atoms with Crippen molar-refractivity contribution in [2.45, 2.75) is 76.2 Å². The number of rotatable bonds is 8. The van der Waals surface area contributed by atoms with Crippen LogP contribution in [0.25, 0.3) is 0 Å². The van der Waals surface area contributed by atoms with E-state index in [0.29, 0.717) is 18.4 Å². The van der Waals surface area contributed by atoms with Gasteiger partial charge >= 0.3 is 12.1 Å². The number of aliphatic carboxylic acids is 1. The van der Waals surface area contributed by atoms with Gasteiger partial charge in [-0.3, -0.25) is 19.1 Å². The number of hydrogen-bond donors (Lipinski definition) is 1. The number of alkyl halides is 4. The highest BCUT2D eigenvalue weighted by atomic mass is 35.5. The van der Waals surface area contributed by atoms with E-state index in [4.69, 9.17) is 23.2 Å². The molecule has 2 fully saturated rings. The number of benzene rings is 1. The second kappa shape index (κ2) is 11.7. The zero-order chi connectivity index (χ0) is 29.4. The SMILES string of the molecule is Cc1cc(Cl)c(C(=O)CN(CC2(F)CCCC2)C(=O)c2cnn(C3CCC(C(=O)O)CC3)c2C(F)(F)F)c(Cl)c1. The molecule has 1 heterocycles. The average Bonchev–Trinajstić information content (AvgIpc) is 3.49. The number of aromatic nitrogens is 2. The van der Waals surface area contributed by atoms with E-state index in [-0.39, 0.29) is 54.1 Å². The summed E-state index contributed by atoms with van der Waals surface area (Å²) in [6.45, 7) is 0.392. The van der Waals surface area contributed by atoms with Gasteiger partial charge in [0.2, 0.25) is 0 Å². The Morgan fingerprint density at radius 1 is 1.10 bits per heavy atom. The third kappa shape index (κ3) is 6.46. The highest BCUT2D eigenvalue weighted by molar-refractivity contribution is 6.40. The number of carboxylic acid groups (broad SMARTS) is 1. The minimum atomic E-state index is -4.99. The van der Waals surface area contributed by atoms with Crippen LogP contribution in [0.15, 0.2) is 18.3 Å². The normalized spacial score (nSPS) is 20.9. The van der Waals surface area contributed by atoms with E-state index in [1.165, 1.54) is 12.1 Å². The average molecular weight is 606 g/mol. The maximum absolute atomic E-state index is 15.6. The first-order chi connectivity index (χ1) is 18.7. The Bertz CT molecular complexity index is 1280. The number of Topliss-reactive ketones (excluding diaryl/α,β-unsaturated/α-hetero) is 1. The van der Waals surface area contributed by atoms with Crippen LogP contribution in [0.2, 0.25) is 10.0 Å². The van der Waals surface area contributed by atoms with E-state index < -0.39 is 65.8 Å². The summed E-state index contributed by atoms with van der Waals surface area (Å²) >= 11 is 12.5. The standard InChI is InChI=1S/C27H29Cl2F4N3O4/c1-15-10-19(28)22(20(29)11-15)21(37)13-35(14-26(30)8-2-3-9-26)24(38)18-12-34-36(23(18)27(31,32)33)17-6-4-16(5-7-17)25(39)40/h10-12,16-17H,2-9,13-14H2,1H3,(H,39,40). The molecule has 0 aliphatic heterocycles. The van der Waals surface area contributed by atoms with Crippen LogP contribution in [0.1, 0.15) is 89.4 Å². The molecule has 0 atom stereocenters. The molecule has 0 spiro atoms. The lowest BCUT2D eigenvalue weighted by molar-refractivity contribution is -0.147. The first-order valence-electron chi connectivity index (χ1n) is 13.0. The van der Waals surface area contributed by atoms with Gasteiger partial charge in [-0.2, -0.15) is 18.3 Å². The molecule has 0 saturated heterocycles. The van der Waals surface area contributed by atoms with E-state index in [1.54, 1.807) is 6.92 Å². The van der Waals surface area contributed by atoms with Crippen LogP contribution in [0.5, 0.6) is 0 Å². The molecule has 7 nitrogen and oxygen atoms in total. The summed E-state index contributed by atoms with van der Waals surface area (Å²) in [5, 5.41) is 13.1.